The molecule has 0 radical (unpaired) electrons. The number of hydrogen-bond donors (Lipinski definition) is 2. The van der Waals surface area contributed by atoms with Gasteiger partial charge in [0.1, 0.15) is 0 Å². The quantitative estimate of drug-likeness (QED) is 0.515. The Labute approximate surface area is 167 Å². The zero-order valence-electron chi connectivity index (χ0n) is 15.4. The Morgan fingerprint density at radius 1 is 1.04 bits per heavy atom. The molecule has 2 aromatic carbocycles. The number of rotatable bonds is 8. The van der Waals surface area contributed by atoms with Gasteiger partial charge in [-0.2, -0.15) is 0 Å². The van der Waals surface area contributed by atoms with Gasteiger partial charge in [-0.05, 0) is 42.2 Å². The molecule has 3 aromatic rings. The maximum Gasteiger partial charge on any atom is 0.234 e. The molecule has 1 heterocycles. The fraction of sp³-hybridized carbons (Fsp3) is 0.250. The summed E-state index contributed by atoms with van der Waals surface area (Å²) in [5, 5.41) is 15.2. The number of hydrogen-bond acceptors (Lipinski definition) is 6. The van der Waals surface area contributed by atoms with E-state index in [-0.39, 0.29) is 5.91 Å². The van der Waals surface area contributed by atoms with E-state index in [4.69, 9.17) is 0 Å². The van der Waals surface area contributed by atoms with Gasteiger partial charge in [0.15, 0.2) is 4.34 Å². The van der Waals surface area contributed by atoms with Gasteiger partial charge in [0.05, 0.1) is 5.75 Å². The number of amides is 1. The maximum absolute atomic E-state index is 12.2. The predicted octanol–water partition coefficient (Wildman–Crippen LogP) is 5.14. The minimum absolute atomic E-state index is 0.0410. The van der Waals surface area contributed by atoms with Crippen LogP contribution in [0.15, 0.2) is 52.9 Å². The van der Waals surface area contributed by atoms with Crippen LogP contribution in [0, 0.1) is 0 Å². The summed E-state index contributed by atoms with van der Waals surface area (Å²) in [6.45, 7) is 4.21. The molecule has 0 atom stereocenters. The van der Waals surface area contributed by atoms with E-state index >= 15 is 0 Å². The van der Waals surface area contributed by atoms with Crippen molar-refractivity contribution in [2.45, 2.75) is 31.0 Å². The first-order valence-corrected chi connectivity index (χ1v) is 10.7. The molecule has 7 heteroatoms. The molecule has 0 unspecified atom stereocenters. The highest BCUT2D eigenvalue weighted by Gasteiger charge is 2.10. The van der Waals surface area contributed by atoms with E-state index in [2.05, 4.69) is 46.8 Å². The van der Waals surface area contributed by atoms with Crippen LogP contribution in [0.2, 0.25) is 0 Å². The van der Waals surface area contributed by atoms with Crippen LogP contribution < -0.4 is 10.6 Å². The van der Waals surface area contributed by atoms with Crippen molar-refractivity contribution < 1.29 is 4.79 Å². The number of thioether (sulfide) groups is 1. The first-order valence-electron chi connectivity index (χ1n) is 8.88. The van der Waals surface area contributed by atoms with Crippen LogP contribution in [-0.4, -0.2) is 21.9 Å². The highest BCUT2D eigenvalue weighted by Crippen LogP contribution is 2.28. The lowest BCUT2D eigenvalue weighted by atomic mass is 10.1. The molecule has 0 aliphatic carbocycles. The van der Waals surface area contributed by atoms with Gasteiger partial charge in [-0.25, -0.2) is 0 Å². The average molecular weight is 399 g/mol. The standard InChI is InChI=1S/C20H22N4OS2/c1-3-14-9-11-16(12-10-14)21-19-23-24-20(27-19)26-13-18(25)22-17-8-6-5-7-15(17)4-2/h5-12H,3-4,13H2,1-2H3,(H,21,23)(H,22,25). The Kier molecular flexibility index (Phi) is 6.84. The Balaban J connectivity index is 1.52. The van der Waals surface area contributed by atoms with Crippen molar-refractivity contribution in [3.63, 3.8) is 0 Å². The van der Waals surface area contributed by atoms with Gasteiger partial charge in [0.25, 0.3) is 0 Å². The van der Waals surface area contributed by atoms with Crippen molar-refractivity contribution in [2.75, 3.05) is 16.4 Å². The van der Waals surface area contributed by atoms with E-state index in [0.717, 1.165) is 39.3 Å². The summed E-state index contributed by atoms with van der Waals surface area (Å²) in [4.78, 5) is 12.2. The Morgan fingerprint density at radius 2 is 1.81 bits per heavy atom. The summed E-state index contributed by atoms with van der Waals surface area (Å²) in [7, 11) is 0. The van der Waals surface area contributed by atoms with Gasteiger partial charge in [-0.3, -0.25) is 4.79 Å². The molecule has 3 rings (SSSR count). The molecule has 0 saturated carbocycles. The molecule has 0 saturated heterocycles. The van der Waals surface area contributed by atoms with E-state index in [1.54, 1.807) is 0 Å². The minimum Gasteiger partial charge on any atom is -0.330 e. The first-order chi connectivity index (χ1) is 13.2. The lowest BCUT2D eigenvalue weighted by Crippen LogP contribution is -2.15. The smallest absolute Gasteiger partial charge is 0.234 e. The molecule has 0 aliphatic heterocycles. The summed E-state index contributed by atoms with van der Waals surface area (Å²) in [6.07, 6.45) is 1.90. The average Bonchev–Trinajstić information content (AvgIpc) is 3.15. The molecular formula is C20H22N4OS2. The molecular weight excluding hydrogens is 376 g/mol. The van der Waals surface area contributed by atoms with Crippen molar-refractivity contribution in [1.82, 2.24) is 10.2 Å². The van der Waals surface area contributed by atoms with Crippen molar-refractivity contribution in [1.29, 1.82) is 0 Å². The van der Waals surface area contributed by atoms with E-state index in [1.165, 1.54) is 28.7 Å². The van der Waals surface area contributed by atoms with Gasteiger partial charge < -0.3 is 10.6 Å². The van der Waals surface area contributed by atoms with Crippen LogP contribution in [0.3, 0.4) is 0 Å². The Morgan fingerprint density at radius 3 is 2.56 bits per heavy atom. The van der Waals surface area contributed by atoms with Crippen LogP contribution in [0.1, 0.15) is 25.0 Å². The molecule has 0 fully saturated rings. The van der Waals surface area contributed by atoms with E-state index in [0.29, 0.717) is 5.75 Å². The van der Waals surface area contributed by atoms with Crippen molar-refractivity contribution in [2.24, 2.45) is 0 Å². The Bertz CT molecular complexity index is 893. The van der Waals surface area contributed by atoms with Crippen molar-refractivity contribution in [3.8, 4) is 0 Å². The summed E-state index contributed by atoms with van der Waals surface area (Å²) in [5.41, 5.74) is 4.28. The largest absolute Gasteiger partial charge is 0.330 e. The third kappa shape index (κ3) is 5.55. The van der Waals surface area contributed by atoms with Gasteiger partial charge >= 0.3 is 0 Å². The summed E-state index contributed by atoms with van der Waals surface area (Å²) >= 11 is 2.83. The number of carbonyl (C=O) groups excluding carboxylic acids is 1. The monoisotopic (exact) mass is 398 g/mol. The molecule has 27 heavy (non-hydrogen) atoms. The number of anilines is 3. The van der Waals surface area contributed by atoms with Gasteiger partial charge in [0.2, 0.25) is 11.0 Å². The zero-order valence-corrected chi connectivity index (χ0v) is 17.0. The highest BCUT2D eigenvalue weighted by molar-refractivity contribution is 8.01. The number of nitrogens with zero attached hydrogens (tertiary/aromatic N) is 2. The Hall–Kier alpha value is -2.38. The lowest BCUT2D eigenvalue weighted by Gasteiger charge is -2.08. The fourth-order valence-electron chi connectivity index (χ4n) is 2.53. The third-order valence-electron chi connectivity index (χ3n) is 4.02. The van der Waals surface area contributed by atoms with Crippen LogP contribution in [0.4, 0.5) is 16.5 Å². The van der Waals surface area contributed by atoms with Gasteiger partial charge in [-0.1, -0.05) is 67.3 Å². The van der Waals surface area contributed by atoms with Crippen LogP contribution in [0.25, 0.3) is 0 Å². The fourth-order valence-corrected chi connectivity index (χ4v) is 4.10. The summed E-state index contributed by atoms with van der Waals surface area (Å²) in [6, 6.07) is 16.1. The third-order valence-corrected chi connectivity index (χ3v) is 5.99. The van der Waals surface area contributed by atoms with Crippen molar-refractivity contribution >= 4 is 45.5 Å². The van der Waals surface area contributed by atoms with Gasteiger partial charge in [-0.15, -0.1) is 10.2 Å². The second kappa shape index (κ2) is 9.53. The summed E-state index contributed by atoms with van der Waals surface area (Å²) < 4.78 is 0.765. The van der Waals surface area contributed by atoms with E-state index in [1.807, 2.05) is 36.4 Å². The van der Waals surface area contributed by atoms with Gasteiger partial charge in [0, 0.05) is 11.4 Å². The normalized spacial score (nSPS) is 10.6. The topological polar surface area (TPSA) is 66.9 Å². The molecule has 0 bridgehead atoms. The zero-order chi connectivity index (χ0) is 19.1. The van der Waals surface area contributed by atoms with E-state index in [9.17, 15) is 4.79 Å². The second-order valence-corrected chi connectivity index (χ2v) is 8.10. The van der Waals surface area contributed by atoms with Crippen LogP contribution in [-0.2, 0) is 17.6 Å². The number of para-hydroxylation sites is 1. The SMILES string of the molecule is CCc1ccc(Nc2nnc(SCC(=O)Nc3ccccc3CC)s2)cc1. The van der Waals surface area contributed by atoms with E-state index < -0.39 is 0 Å². The first kappa shape index (κ1) is 19.4. The summed E-state index contributed by atoms with van der Waals surface area (Å²) in [5.74, 6) is 0.262. The molecule has 0 spiro atoms. The molecule has 0 aliphatic rings. The number of nitrogens with one attached hydrogen (secondary N) is 2. The molecule has 140 valence electrons. The maximum atomic E-state index is 12.2. The molecule has 5 nitrogen and oxygen atoms in total. The number of benzene rings is 2. The van der Waals surface area contributed by atoms with Crippen LogP contribution in [0.5, 0.6) is 0 Å². The molecule has 2 N–H and O–H groups in total. The number of aromatic nitrogens is 2. The predicted molar refractivity (Wildman–Crippen MR) is 114 cm³/mol. The van der Waals surface area contributed by atoms with Crippen LogP contribution >= 0.6 is 23.1 Å². The highest BCUT2D eigenvalue weighted by atomic mass is 32.2. The van der Waals surface area contributed by atoms with Crippen molar-refractivity contribution in [3.05, 3.63) is 59.7 Å². The second-order valence-electron chi connectivity index (χ2n) is 5.90. The minimum atomic E-state index is -0.0410. The number of carbonyl (C=O) groups is 1. The number of aryl methyl sites for hydroxylation is 2. The molecule has 1 amide bonds. The lowest BCUT2D eigenvalue weighted by molar-refractivity contribution is -0.113. The molecule has 1 aromatic heterocycles.